The van der Waals surface area contributed by atoms with Gasteiger partial charge in [0.05, 0.1) is 11.4 Å². The summed E-state index contributed by atoms with van der Waals surface area (Å²) in [5.41, 5.74) is 5.20. The summed E-state index contributed by atoms with van der Waals surface area (Å²) in [5.74, 6) is 0. The molecule has 0 aliphatic heterocycles. The Balaban J connectivity index is 1.81. The van der Waals surface area contributed by atoms with Gasteiger partial charge in [0.2, 0.25) is 0 Å². The van der Waals surface area contributed by atoms with E-state index in [1.165, 1.54) is 11.3 Å². The van der Waals surface area contributed by atoms with Crippen molar-refractivity contribution in [2.24, 2.45) is 19.1 Å². The molecule has 0 saturated carbocycles. The molecule has 0 atom stereocenters. The van der Waals surface area contributed by atoms with E-state index in [1.54, 1.807) is 11.7 Å². The Hall–Kier alpha value is -3.90. The summed E-state index contributed by atoms with van der Waals surface area (Å²) < 4.78 is 5.57. The fourth-order valence-electron chi connectivity index (χ4n) is 3.84. The van der Waals surface area contributed by atoms with E-state index >= 15 is 0 Å². The molecule has 3 aromatic carbocycles. The van der Waals surface area contributed by atoms with Gasteiger partial charge in [-0.15, -0.1) is 11.3 Å². The second-order valence-electron chi connectivity index (χ2n) is 7.47. The lowest BCUT2D eigenvalue weighted by Crippen LogP contribution is -2.18. The van der Waals surface area contributed by atoms with Crippen molar-refractivity contribution in [3.63, 3.8) is 0 Å². The molecule has 2 heterocycles. The highest BCUT2D eigenvalue weighted by Crippen LogP contribution is 2.28. The zero-order chi connectivity index (χ0) is 22.1. The first-order valence-corrected chi connectivity index (χ1v) is 11.2. The third-order valence-corrected chi connectivity index (χ3v) is 6.37. The average molecular weight is 439 g/mol. The van der Waals surface area contributed by atoms with Crippen molar-refractivity contribution >= 4 is 17.0 Å². The van der Waals surface area contributed by atoms with Crippen LogP contribution in [-0.2, 0) is 14.1 Å². The summed E-state index contributed by atoms with van der Waals surface area (Å²) in [5, 5.41) is 2.09. The highest BCUT2D eigenvalue weighted by Gasteiger charge is 2.18. The Bertz CT molecular complexity index is 1490. The van der Waals surface area contributed by atoms with E-state index in [9.17, 15) is 4.79 Å². The minimum atomic E-state index is -0.124. The Morgan fingerprint density at radius 1 is 0.719 bits per heavy atom. The van der Waals surface area contributed by atoms with Gasteiger partial charge in [-0.2, -0.15) is 0 Å². The second kappa shape index (κ2) is 8.32. The van der Waals surface area contributed by atoms with Gasteiger partial charge >= 0.3 is 0 Å². The summed E-state index contributed by atoms with van der Waals surface area (Å²) in [7, 11) is 3.65. The normalized spacial score (nSPS) is 11.8. The summed E-state index contributed by atoms with van der Waals surface area (Å²) in [4.78, 5) is 18.9. The van der Waals surface area contributed by atoms with Crippen LogP contribution in [0.25, 0.3) is 28.2 Å². The number of nitrogens with zero attached hydrogens (tertiary/aromatic N) is 4. The first kappa shape index (κ1) is 20.0. The molecule has 0 bridgehead atoms. The first-order chi connectivity index (χ1) is 15.6. The fourth-order valence-corrected chi connectivity index (χ4v) is 4.75. The SMILES string of the molecule is Cn1c(-c2ccccc2)c(N=c2scc(-c3ccccc3)n2-c2ccccc2)c(=O)n1C. The molecule has 0 spiro atoms. The van der Waals surface area contributed by atoms with Gasteiger partial charge in [-0.1, -0.05) is 78.9 Å². The molecule has 5 nitrogen and oxygen atoms in total. The molecule has 158 valence electrons. The van der Waals surface area contributed by atoms with Crippen LogP contribution in [0.1, 0.15) is 0 Å². The summed E-state index contributed by atoms with van der Waals surface area (Å²) in [6.07, 6.45) is 0. The van der Waals surface area contributed by atoms with Crippen LogP contribution in [0.15, 0.2) is 106 Å². The summed E-state index contributed by atoms with van der Waals surface area (Å²) in [6, 6.07) is 30.3. The van der Waals surface area contributed by atoms with Crippen molar-refractivity contribution in [2.45, 2.75) is 0 Å². The lowest BCUT2D eigenvalue weighted by atomic mass is 10.1. The van der Waals surface area contributed by atoms with Gasteiger partial charge in [-0.25, -0.2) is 4.99 Å². The maximum absolute atomic E-state index is 13.2. The van der Waals surface area contributed by atoms with Crippen molar-refractivity contribution in [2.75, 3.05) is 0 Å². The van der Waals surface area contributed by atoms with Gasteiger partial charge in [0.15, 0.2) is 10.5 Å². The highest BCUT2D eigenvalue weighted by molar-refractivity contribution is 7.07. The first-order valence-electron chi connectivity index (χ1n) is 10.3. The van der Waals surface area contributed by atoms with Crippen LogP contribution < -0.4 is 10.4 Å². The zero-order valence-electron chi connectivity index (χ0n) is 17.8. The molecule has 0 saturated heterocycles. The van der Waals surface area contributed by atoms with E-state index in [0.717, 1.165) is 33.0 Å². The third-order valence-electron chi connectivity index (χ3n) is 5.54. The molecule has 2 aromatic heterocycles. The van der Waals surface area contributed by atoms with Crippen LogP contribution in [0.2, 0.25) is 0 Å². The van der Waals surface area contributed by atoms with Gasteiger partial charge in [0.1, 0.15) is 0 Å². The molecular weight excluding hydrogens is 416 g/mol. The van der Waals surface area contributed by atoms with Crippen LogP contribution in [0.4, 0.5) is 5.69 Å². The molecule has 0 unspecified atom stereocenters. The number of benzene rings is 3. The minimum Gasteiger partial charge on any atom is -0.285 e. The third kappa shape index (κ3) is 3.44. The zero-order valence-corrected chi connectivity index (χ0v) is 18.7. The van der Waals surface area contributed by atoms with Crippen LogP contribution in [0.3, 0.4) is 0 Å². The summed E-state index contributed by atoms with van der Waals surface area (Å²) >= 11 is 1.53. The number of rotatable bonds is 4. The Labute approximate surface area is 189 Å². The lowest BCUT2D eigenvalue weighted by Gasteiger charge is -2.09. The maximum Gasteiger partial charge on any atom is 0.293 e. The Morgan fingerprint density at radius 3 is 1.91 bits per heavy atom. The van der Waals surface area contributed by atoms with Crippen molar-refractivity contribution < 1.29 is 0 Å². The maximum atomic E-state index is 13.2. The van der Waals surface area contributed by atoms with E-state index in [-0.39, 0.29) is 5.56 Å². The molecular formula is C26H22N4OS. The van der Waals surface area contributed by atoms with E-state index in [2.05, 4.69) is 34.2 Å². The van der Waals surface area contributed by atoms with Gasteiger partial charge in [0, 0.05) is 30.7 Å². The van der Waals surface area contributed by atoms with Crippen LogP contribution in [0.5, 0.6) is 0 Å². The van der Waals surface area contributed by atoms with Crippen LogP contribution in [-0.4, -0.2) is 13.9 Å². The van der Waals surface area contributed by atoms with Gasteiger partial charge in [-0.05, 0) is 17.7 Å². The second-order valence-corrected chi connectivity index (χ2v) is 8.30. The molecule has 0 aliphatic carbocycles. The molecule has 6 heteroatoms. The molecule has 0 amide bonds. The average Bonchev–Trinajstić information content (AvgIpc) is 3.36. The smallest absolute Gasteiger partial charge is 0.285 e. The monoisotopic (exact) mass is 438 g/mol. The molecule has 0 fully saturated rings. The standard InChI is InChI=1S/C26H22N4OS/c1-28-24(20-14-8-4-9-15-20)23(25(31)29(28)2)27-26-30(21-16-10-5-11-17-21)22(18-32-26)19-12-6-3-7-13-19/h3-18H,1-2H3. The lowest BCUT2D eigenvalue weighted by molar-refractivity contribution is 0.584. The van der Waals surface area contributed by atoms with Crippen LogP contribution >= 0.6 is 11.3 Å². The number of thiazole rings is 1. The summed E-state index contributed by atoms with van der Waals surface area (Å²) in [6.45, 7) is 0. The molecule has 5 aromatic rings. The number of para-hydroxylation sites is 1. The van der Waals surface area contributed by atoms with Gasteiger partial charge < -0.3 is 0 Å². The minimum absolute atomic E-state index is 0.124. The number of aromatic nitrogens is 3. The Morgan fingerprint density at radius 2 is 1.28 bits per heavy atom. The molecule has 0 radical (unpaired) electrons. The molecule has 0 N–H and O–H groups in total. The largest absolute Gasteiger partial charge is 0.293 e. The van der Waals surface area contributed by atoms with Crippen molar-refractivity contribution in [3.05, 3.63) is 112 Å². The number of hydrogen-bond acceptors (Lipinski definition) is 3. The quantitative estimate of drug-likeness (QED) is 0.383. The van der Waals surface area contributed by atoms with E-state index in [0.29, 0.717) is 5.69 Å². The van der Waals surface area contributed by atoms with Gasteiger partial charge in [-0.3, -0.25) is 18.7 Å². The fraction of sp³-hybridized carbons (Fsp3) is 0.0769. The van der Waals surface area contributed by atoms with Crippen LogP contribution in [0, 0.1) is 0 Å². The van der Waals surface area contributed by atoms with Crippen molar-refractivity contribution in [1.82, 2.24) is 13.9 Å². The van der Waals surface area contributed by atoms with E-state index in [4.69, 9.17) is 4.99 Å². The predicted octanol–water partition coefficient (Wildman–Crippen LogP) is 5.14. The highest BCUT2D eigenvalue weighted by atomic mass is 32.1. The molecule has 0 aliphatic rings. The topological polar surface area (TPSA) is 44.2 Å². The number of hydrogen-bond donors (Lipinski definition) is 0. The van der Waals surface area contributed by atoms with Crippen molar-refractivity contribution in [1.29, 1.82) is 0 Å². The van der Waals surface area contributed by atoms with E-state index < -0.39 is 0 Å². The predicted molar refractivity (Wildman–Crippen MR) is 130 cm³/mol. The van der Waals surface area contributed by atoms with Crippen molar-refractivity contribution in [3.8, 4) is 28.2 Å². The Kier molecular flexibility index (Phi) is 5.21. The van der Waals surface area contributed by atoms with E-state index in [1.807, 2.05) is 78.5 Å². The molecule has 5 rings (SSSR count). The van der Waals surface area contributed by atoms with Gasteiger partial charge in [0.25, 0.3) is 5.56 Å². The molecule has 32 heavy (non-hydrogen) atoms.